The molecule has 2 nitrogen and oxygen atoms in total. The third-order valence-corrected chi connectivity index (χ3v) is 9.19. The van der Waals surface area contributed by atoms with E-state index < -0.39 is 0 Å². The number of hydrogen-bond donors (Lipinski definition) is 0. The van der Waals surface area contributed by atoms with Crippen LogP contribution in [0.4, 0.5) is 11.4 Å². The number of benzene rings is 6. The molecule has 0 saturated carbocycles. The number of ether oxygens (including phenoxy) is 1. The summed E-state index contributed by atoms with van der Waals surface area (Å²) < 4.78 is 6.96. The summed E-state index contributed by atoms with van der Waals surface area (Å²) in [5.74, 6) is 2.08. The fourth-order valence-electron chi connectivity index (χ4n) is 7.15. The number of rotatable bonds is 3. The number of hydrogen-bond acceptors (Lipinski definition) is 2. The normalized spacial score (nSPS) is 16.0. The van der Waals surface area contributed by atoms with Crippen molar-refractivity contribution in [1.29, 1.82) is 0 Å². The lowest BCUT2D eigenvalue weighted by atomic mass is 9.84. The molecule has 0 aromatic heterocycles. The molecule has 6 aromatic rings. The Bertz CT molecular complexity index is 2120. The molecule has 0 fully saturated rings. The molecule has 44 heavy (non-hydrogen) atoms. The third kappa shape index (κ3) is 3.88. The van der Waals surface area contributed by atoms with Crippen LogP contribution in [-0.2, 0) is 0 Å². The SMILES string of the molecule is C1=C2C(=C3C(C1)c1ccccc1N3c1ccc(-c3cccc(-c4ccccc4)c3)cc1)Oc1ccccc1-c1ccccc12. The number of allylic oxidation sites excluding steroid dienone is 3. The highest BCUT2D eigenvalue weighted by Gasteiger charge is 2.41. The molecule has 2 aliphatic heterocycles. The number of para-hydroxylation sites is 2. The largest absolute Gasteiger partial charge is 0.454 e. The van der Waals surface area contributed by atoms with E-state index >= 15 is 0 Å². The third-order valence-electron chi connectivity index (χ3n) is 9.19. The molecule has 1 atom stereocenters. The lowest BCUT2D eigenvalue weighted by molar-refractivity contribution is 0.437. The fraction of sp³-hybridized carbons (Fsp3) is 0.0476. The van der Waals surface area contributed by atoms with Gasteiger partial charge in [-0.15, -0.1) is 0 Å². The Kier molecular flexibility index (Phi) is 5.67. The van der Waals surface area contributed by atoms with Crippen LogP contribution < -0.4 is 9.64 Å². The summed E-state index contributed by atoms with van der Waals surface area (Å²) in [6.07, 6.45) is 3.32. The van der Waals surface area contributed by atoms with E-state index in [0.717, 1.165) is 29.2 Å². The second-order valence-corrected chi connectivity index (χ2v) is 11.7. The minimum atomic E-state index is 0.226. The van der Waals surface area contributed by atoms with Gasteiger partial charge in [-0.1, -0.05) is 127 Å². The minimum Gasteiger partial charge on any atom is -0.454 e. The quantitative estimate of drug-likeness (QED) is 0.212. The predicted octanol–water partition coefficient (Wildman–Crippen LogP) is 11.0. The van der Waals surface area contributed by atoms with E-state index in [1.165, 1.54) is 55.9 Å². The summed E-state index contributed by atoms with van der Waals surface area (Å²) in [7, 11) is 0. The highest BCUT2D eigenvalue weighted by atomic mass is 16.5. The molecule has 1 aliphatic carbocycles. The van der Waals surface area contributed by atoms with E-state index in [9.17, 15) is 0 Å². The van der Waals surface area contributed by atoms with E-state index in [-0.39, 0.29) is 5.92 Å². The van der Waals surface area contributed by atoms with Gasteiger partial charge in [0.2, 0.25) is 0 Å². The van der Waals surface area contributed by atoms with Crippen LogP contribution in [0.15, 0.2) is 169 Å². The summed E-state index contributed by atoms with van der Waals surface area (Å²) in [6.45, 7) is 0. The van der Waals surface area contributed by atoms with Crippen molar-refractivity contribution in [2.75, 3.05) is 4.90 Å². The Balaban J connectivity index is 1.18. The van der Waals surface area contributed by atoms with Gasteiger partial charge in [0.05, 0.1) is 5.70 Å². The maximum Gasteiger partial charge on any atom is 0.155 e. The molecule has 0 spiro atoms. The van der Waals surface area contributed by atoms with Crippen LogP contribution in [0.25, 0.3) is 39.0 Å². The van der Waals surface area contributed by atoms with Gasteiger partial charge in [0.25, 0.3) is 0 Å². The summed E-state index contributed by atoms with van der Waals surface area (Å²) in [4.78, 5) is 2.43. The molecule has 0 saturated heterocycles. The number of nitrogens with zero attached hydrogens (tertiary/aromatic N) is 1. The standard InChI is InChI=1S/C42H29NO/c1-2-11-28(12-3-1)30-13-10-14-31(27-30)29-21-23-32(24-22-29)43-39-19-8-6-17-35(39)37-25-26-38-34-16-5-4-15-33(34)36-18-7-9-20-40(36)44-42(38)41(37)43/h1-24,26-27,37H,25H2. The van der Waals surface area contributed by atoms with Crippen molar-refractivity contribution >= 4 is 16.9 Å². The van der Waals surface area contributed by atoms with E-state index in [1.54, 1.807) is 0 Å². The molecule has 0 amide bonds. The second-order valence-electron chi connectivity index (χ2n) is 11.7. The van der Waals surface area contributed by atoms with Crippen LogP contribution in [0.2, 0.25) is 0 Å². The van der Waals surface area contributed by atoms with Crippen molar-refractivity contribution in [3.05, 3.63) is 180 Å². The van der Waals surface area contributed by atoms with E-state index in [2.05, 4.69) is 163 Å². The zero-order chi connectivity index (χ0) is 29.0. The maximum absolute atomic E-state index is 6.96. The van der Waals surface area contributed by atoms with Gasteiger partial charge in [0, 0.05) is 28.4 Å². The lowest BCUT2D eigenvalue weighted by Crippen LogP contribution is -2.21. The maximum atomic E-state index is 6.96. The highest BCUT2D eigenvalue weighted by Crippen LogP contribution is 2.56. The molecule has 3 aliphatic rings. The van der Waals surface area contributed by atoms with Crippen molar-refractivity contribution in [2.24, 2.45) is 0 Å². The molecule has 9 rings (SSSR count). The van der Waals surface area contributed by atoms with Crippen LogP contribution in [0.3, 0.4) is 0 Å². The van der Waals surface area contributed by atoms with Gasteiger partial charge in [0.1, 0.15) is 5.75 Å². The van der Waals surface area contributed by atoms with Crippen LogP contribution in [0.5, 0.6) is 5.75 Å². The monoisotopic (exact) mass is 563 g/mol. The summed E-state index contributed by atoms with van der Waals surface area (Å²) in [5.41, 5.74) is 14.5. The lowest BCUT2D eigenvalue weighted by Gasteiger charge is -2.29. The number of fused-ring (bicyclic) bond motifs is 8. The van der Waals surface area contributed by atoms with Gasteiger partial charge in [-0.25, -0.2) is 0 Å². The van der Waals surface area contributed by atoms with Crippen LogP contribution in [0, 0.1) is 0 Å². The Hall–Kier alpha value is -5.60. The first-order chi connectivity index (χ1) is 21.8. The summed E-state index contributed by atoms with van der Waals surface area (Å²) >= 11 is 0. The first kappa shape index (κ1) is 24.9. The predicted molar refractivity (Wildman–Crippen MR) is 181 cm³/mol. The van der Waals surface area contributed by atoms with Crippen LogP contribution in [0.1, 0.15) is 23.5 Å². The molecule has 208 valence electrons. The van der Waals surface area contributed by atoms with Crippen molar-refractivity contribution in [1.82, 2.24) is 0 Å². The second kappa shape index (κ2) is 10.00. The molecule has 6 aromatic carbocycles. The molecule has 2 heterocycles. The van der Waals surface area contributed by atoms with Gasteiger partial charge in [-0.05, 0) is 75.7 Å². The zero-order valence-electron chi connectivity index (χ0n) is 24.2. The number of anilines is 2. The Morgan fingerprint density at radius 3 is 1.98 bits per heavy atom. The molecule has 0 N–H and O–H groups in total. The highest BCUT2D eigenvalue weighted by molar-refractivity contribution is 5.95. The average molecular weight is 564 g/mol. The van der Waals surface area contributed by atoms with Gasteiger partial charge in [-0.2, -0.15) is 0 Å². The fourth-order valence-corrected chi connectivity index (χ4v) is 7.15. The van der Waals surface area contributed by atoms with Crippen molar-refractivity contribution in [2.45, 2.75) is 12.3 Å². The van der Waals surface area contributed by atoms with Gasteiger partial charge < -0.3 is 9.64 Å². The van der Waals surface area contributed by atoms with Crippen LogP contribution >= 0.6 is 0 Å². The van der Waals surface area contributed by atoms with E-state index in [4.69, 9.17) is 4.74 Å². The Morgan fingerprint density at radius 1 is 0.523 bits per heavy atom. The molecule has 0 radical (unpaired) electrons. The molecule has 1 unspecified atom stereocenters. The smallest absolute Gasteiger partial charge is 0.155 e. The minimum absolute atomic E-state index is 0.226. The Labute approximate surface area is 257 Å². The molecule has 0 bridgehead atoms. The van der Waals surface area contributed by atoms with Crippen LogP contribution in [-0.4, -0.2) is 0 Å². The van der Waals surface area contributed by atoms with Crippen molar-refractivity contribution in [3.8, 4) is 39.1 Å². The average Bonchev–Trinajstić information content (AvgIpc) is 3.36. The van der Waals surface area contributed by atoms with Gasteiger partial charge in [-0.3, -0.25) is 0 Å². The summed E-state index contributed by atoms with van der Waals surface area (Å²) in [5, 5.41) is 0. The molecule has 2 heteroatoms. The molecular weight excluding hydrogens is 534 g/mol. The first-order valence-electron chi connectivity index (χ1n) is 15.3. The first-order valence-corrected chi connectivity index (χ1v) is 15.3. The van der Waals surface area contributed by atoms with Gasteiger partial charge in [0.15, 0.2) is 5.76 Å². The van der Waals surface area contributed by atoms with Gasteiger partial charge >= 0.3 is 0 Å². The van der Waals surface area contributed by atoms with E-state index in [1.807, 2.05) is 0 Å². The van der Waals surface area contributed by atoms with Crippen molar-refractivity contribution < 1.29 is 4.74 Å². The van der Waals surface area contributed by atoms with Crippen molar-refractivity contribution in [3.63, 3.8) is 0 Å². The topological polar surface area (TPSA) is 12.5 Å². The molecular formula is C42H29NO. The summed E-state index contributed by atoms with van der Waals surface area (Å²) in [6, 6.07) is 54.3. The van der Waals surface area contributed by atoms with E-state index in [0.29, 0.717) is 0 Å². The Morgan fingerprint density at radius 2 is 1.16 bits per heavy atom. The zero-order valence-corrected chi connectivity index (χ0v) is 24.2.